The number of hydrogen-bond acceptors (Lipinski definition) is 3. The third-order valence-corrected chi connectivity index (χ3v) is 2.46. The van der Waals surface area contributed by atoms with Crippen LogP contribution in [0, 0.1) is 0 Å². The first-order valence-corrected chi connectivity index (χ1v) is 5.58. The summed E-state index contributed by atoms with van der Waals surface area (Å²) in [6, 6.07) is 0. The lowest BCUT2D eigenvalue weighted by molar-refractivity contribution is 0.115. The van der Waals surface area contributed by atoms with E-state index in [-0.39, 0.29) is 0 Å². The molecule has 0 aliphatic rings. The topological polar surface area (TPSA) is 39.1 Å². The Bertz CT molecular complexity index is 288. The summed E-state index contributed by atoms with van der Waals surface area (Å²) in [6.07, 6.45) is 2.78. The third-order valence-electron chi connectivity index (χ3n) is 2.11. The minimum absolute atomic E-state index is 0.511. The van der Waals surface area contributed by atoms with Crippen molar-refractivity contribution in [1.29, 1.82) is 0 Å². The van der Waals surface area contributed by atoms with Gasteiger partial charge >= 0.3 is 0 Å². The second-order valence-corrected chi connectivity index (χ2v) is 3.75. The van der Waals surface area contributed by atoms with Crippen LogP contribution in [0.15, 0.2) is 6.20 Å². The number of rotatable bonds is 7. The number of aromatic nitrogens is 2. The van der Waals surface area contributed by atoms with Gasteiger partial charge in [-0.1, -0.05) is 18.5 Å². The van der Waals surface area contributed by atoms with Crippen LogP contribution in [0.2, 0.25) is 5.15 Å². The van der Waals surface area contributed by atoms with E-state index in [1.807, 2.05) is 11.6 Å². The molecule has 0 spiro atoms. The third kappa shape index (κ3) is 4.20. The first kappa shape index (κ1) is 12.5. The Balaban J connectivity index is 2.12. The number of ether oxygens (including phenoxy) is 1. The van der Waals surface area contributed by atoms with Gasteiger partial charge in [0.15, 0.2) is 0 Å². The largest absolute Gasteiger partial charge is 0.372 e. The van der Waals surface area contributed by atoms with Crippen LogP contribution in [-0.4, -0.2) is 29.2 Å². The van der Waals surface area contributed by atoms with E-state index in [2.05, 4.69) is 17.2 Å². The Morgan fingerprint density at radius 2 is 2.33 bits per heavy atom. The first-order chi connectivity index (χ1) is 7.25. The molecule has 1 N–H and O–H groups in total. The lowest BCUT2D eigenvalue weighted by atomic mass is 10.5. The van der Waals surface area contributed by atoms with E-state index in [0.717, 1.165) is 25.3 Å². The van der Waals surface area contributed by atoms with Gasteiger partial charge in [-0.25, -0.2) is 4.98 Å². The summed E-state index contributed by atoms with van der Waals surface area (Å²) in [7, 11) is 1.88. The van der Waals surface area contributed by atoms with Gasteiger partial charge in [0.2, 0.25) is 0 Å². The van der Waals surface area contributed by atoms with Gasteiger partial charge in [0.1, 0.15) is 17.6 Å². The van der Waals surface area contributed by atoms with E-state index >= 15 is 0 Å². The van der Waals surface area contributed by atoms with E-state index in [1.165, 1.54) is 0 Å². The van der Waals surface area contributed by atoms with E-state index in [9.17, 15) is 0 Å². The number of halogens is 1. The quantitative estimate of drug-likeness (QED) is 0.725. The molecule has 0 radical (unpaired) electrons. The summed E-state index contributed by atoms with van der Waals surface area (Å²) in [5.74, 6) is 0.857. The molecule has 1 aromatic rings. The van der Waals surface area contributed by atoms with Crippen LogP contribution in [0.4, 0.5) is 0 Å². The molecule has 4 nitrogen and oxygen atoms in total. The molecule has 0 saturated heterocycles. The average Bonchev–Trinajstić information content (AvgIpc) is 2.54. The maximum Gasteiger partial charge on any atom is 0.135 e. The summed E-state index contributed by atoms with van der Waals surface area (Å²) in [6.45, 7) is 5.27. The molecule has 0 bridgehead atoms. The molecule has 15 heavy (non-hydrogen) atoms. The molecule has 0 aliphatic carbocycles. The Morgan fingerprint density at radius 1 is 1.53 bits per heavy atom. The molecule has 0 aromatic carbocycles. The number of nitrogens with zero attached hydrogens (tertiary/aromatic N) is 2. The maximum atomic E-state index is 5.84. The summed E-state index contributed by atoms with van der Waals surface area (Å²) in [5, 5.41) is 3.90. The average molecular weight is 232 g/mol. The summed E-state index contributed by atoms with van der Waals surface area (Å²) in [4.78, 5) is 4.13. The summed E-state index contributed by atoms with van der Waals surface area (Å²) < 4.78 is 7.28. The highest BCUT2D eigenvalue weighted by molar-refractivity contribution is 6.29. The molecule has 0 unspecified atom stereocenters. The molecule has 86 valence electrons. The van der Waals surface area contributed by atoms with Gasteiger partial charge in [-0.05, 0) is 13.0 Å². The summed E-state index contributed by atoms with van der Waals surface area (Å²) >= 11 is 5.84. The monoisotopic (exact) mass is 231 g/mol. The zero-order valence-corrected chi connectivity index (χ0v) is 10.0. The SMILES string of the molecule is CCCNCCOCc1ncc(Cl)n1C. The van der Waals surface area contributed by atoms with Crippen LogP contribution in [0.5, 0.6) is 0 Å². The lowest BCUT2D eigenvalue weighted by Crippen LogP contribution is -2.20. The predicted octanol–water partition coefficient (Wildman–Crippen LogP) is 1.59. The zero-order chi connectivity index (χ0) is 11.1. The fourth-order valence-electron chi connectivity index (χ4n) is 1.17. The molecular weight excluding hydrogens is 214 g/mol. The van der Waals surface area contributed by atoms with Gasteiger partial charge in [0.25, 0.3) is 0 Å². The van der Waals surface area contributed by atoms with Crippen LogP contribution >= 0.6 is 11.6 Å². The van der Waals surface area contributed by atoms with E-state index in [1.54, 1.807) is 6.20 Å². The van der Waals surface area contributed by atoms with E-state index in [4.69, 9.17) is 16.3 Å². The van der Waals surface area contributed by atoms with Crippen LogP contribution in [0.1, 0.15) is 19.2 Å². The molecule has 0 atom stereocenters. The van der Waals surface area contributed by atoms with E-state index < -0.39 is 0 Å². The Morgan fingerprint density at radius 3 is 2.93 bits per heavy atom. The predicted molar refractivity (Wildman–Crippen MR) is 61.0 cm³/mol. The van der Waals surface area contributed by atoms with Crippen LogP contribution in [0.25, 0.3) is 0 Å². The molecule has 0 fully saturated rings. The normalized spacial score (nSPS) is 10.9. The molecule has 0 amide bonds. The maximum absolute atomic E-state index is 5.84. The lowest BCUT2D eigenvalue weighted by Gasteiger charge is -2.05. The van der Waals surface area contributed by atoms with Gasteiger partial charge in [-0.15, -0.1) is 0 Å². The van der Waals surface area contributed by atoms with Crippen molar-refractivity contribution in [3.63, 3.8) is 0 Å². The first-order valence-electron chi connectivity index (χ1n) is 5.20. The number of imidazole rings is 1. The number of hydrogen-bond donors (Lipinski definition) is 1. The molecule has 0 aliphatic heterocycles. The molecule has 1 heterocycles. The highest BCUT2D eigenvalue weighted by atomic mass is 35.5. The zero-order valence-electron chi connectivity index (χ0n) is 9.29. The van der Waals surface area contributed by atoms with Crippen LogP contribution in [0.3, 0.4) is 0 Å². The fraction of sp³-hybridized carbons (Fsp3) is 0.700. The van der Waals surface area contributed by atoms with Gasteiger partial charge in [0.05, 0.1) is 12.8 Å². The molecule has 0 saturated carbocycles. The highest BCUT2D eigenvalue weighted by Gasteiger charge is 2.03. The Kier molecular flexibility index (Phi) is 5.68. The molecule has 5 heteroatoms. The van der Waals surface area contributed by atoms with Crippen molar-refractivity contribution in [3.8, 4) is 0 Å². The van der Waals surface area contributed by atoms with Gasteiger partial charge < -0.3 is 14.6 Å². The van der Waals surface area contributed by atoms with Crippen molar-refractivity contribution in [2.75, 3.05) is 19.7 Å². The fourth-order valence-corrected chi connectivity index (χ4v) is 1.31. The molecule has 1 aromatic heterocycles. The van der Waals surface area contributed by atoms with Gasteiger partial charge in [-0.2, -0.15) is 0 Å². The summed E-state index contributed by atoms with van der Waals surface area (Å²) in [5.41, 5.74) is 0. The smallest absolute Gasteiger partial charge is 0.135 e. The van der Waals surface area contributed by atoms with Gasteiger partial charge in [-0.3, -0.25) is 0 Å². The van der Waals surface area contributed by atoms with Gasteiger partial charge in [0, 0.05) is 13.6 Å². The van der Waals surface area contributed by atoms with Crippen molar-refractivity contribution in [2.24, 2.45) is 7.05 Å². The van der Waals surface area contributed by atoms with Crippen molar-refractivity contribution >= 4 is 11.6 Å². The van der Waals surface area contributed by atoms with Crippen molar-refractivity contribution in [3.05, 3.63) is 17.2 Å². The minimum Gasteiger partial charge on any atom is -0.372 e. The highest BCUT2D eigenvalue weighted by Crippen LogP contribution is 2.09. The number of nitrogens with one attached hydrogen (secondary N) is 1. The molecular formula is C10H18ClN3O. The van der Waals surface area contributed by atoms with E-state index in [0.29, 0.717) is 18.4 Å². The van der Waals surface area contributed by atoms with Crippen molar-refractivity contribution in [1.82, 2.24) is 14.9 Å². The molecule has 1 rings (SSSR count). The van der Waals surface area contributed by atoms with Crippen molar-refractivity contribution < 1.29 is 4.74 Å². The Labute approximate surface area is 95.6 Å². The second-order valence-electron chi connectivity index (χ2n) is 3.36. The second kappa shape index (κ2) is 6.82. The minimum atomic E-state index is 0.511. The Hall–Kier alpha value is -0.580. The van der Waals surface area contributed by atoms with Crippen LogP contribution in [-0.2, 0) is 18.4 Å². The standard InChI is InChI=1S/C10H18ClN3O/c1-3-4-12-5-6-15-8-10-13-7-9(11)14(10)2/h7,12H,3-6,8H2,1-2H3. The van der Waals surface area contributed by atoms with Crippen LogP contribution < -0.4 is 5.32 Å². The van der Waals surface area contributed by atoms with Crippen molar-refractivity contribution in [2.45, 2.75) is 20.0 Å².